The molecule has 4 nitrogen and oxygen atoms in total. The number of rotatable bonds is 1. The van der Waals surface area contributed by atoms with E-state index in [1.54, 1.807) is 24.4 Å². The Morgan fingerprint density at radius 1 is 1.36 bits per heavy atom. The van der Waals surface area contributed by atoms with E-state index in [2.05, 4.69) is 4.98 Å². The van der Waals surface area contributed by atoms with Gasteiger partial charge in [-0.2, -0.15) is 0 Å². The number of aromatic nitrogens is 1. The molecule has 0 amide bonds. The zero-order valence-corrected chi connectivity index (χ0v) is 7.27. The van der Waals surface area contributed by atoms with Crippen molar-refractivity contribution in [2.45, 2.75) is 0 Å². The minimum atomic E-state index is -0.942. The monoisotopic (exact) mass is 188 g/mol. The molecule has 1 heterocycles. The van der Waals surface area contributed by atoms with Gasteiger partial charge in [0, 0.05) is 11.6 Å². The van der Waals surface area contributed by atoms with Gasteiger partial charge < -0.3 is 10.8 Å². The Morgan fingerprint density at radius 2 is 2.14 bits per heavy atom. The van der Waals surface area contributed by atoms with Crippen LogP contribution < -0.4 is 5.73 Å². The summed E-state index contributed by atoms with van der Waals surface area (Å²) in [6, 6.07) is 6.50. The molecule has 0 aliphatic heterocycles. The summed E-state index contributed by atoms with van der Waals surface area (Å²) in [5.74, 6) is -0.526. The minimum Gasteiger partial charge on any atom is -0.478 e. The molecule has 0 unspecified atom stereocenters. The van der Waals surface area contributed by atoms with E-state index in [1.807, 2.05) is 0 Å². The van der Waals surface area contributed by atoms with Gasteiger partial charge in [-0.3, -0.25) is 0 Å². The lowest BCUT2D eigenvalue weighted by atomic mass is 10.1. The summed E-state index contributed by atoms with van der Waals surface area (Å²) in [4.78, 5) is 14.6. The Bertz CT molecular complexity index is 508. The summed E-state index contributed by atoms with van der Waals surface area (Å²) < 4.78 is 0. The molecule has 0 atom stereocenters. The third-order valence-corrected chi connectivity index (χ3v) is 2.04. The highest BCUT2D eigenvalue weighted by atomic mass is 16.4. The van der Waals surface area contributed by atoms with E-state index >= 15 is 0 Å². The number of aromatic carboxylic acids is 1. The van der Waals surface area contributed by atoms with E-state index in [-0.39, 0.29) is 5.56 Å². The molecule has 0 spiro atoms. The second-order valence-electron chi connectivity index (χ2n) is 2.94. The normalized spacial score (nSPS) is 10.3. The van der Waals surface area contributed by atoms with Crippen LogP contribution in [0.1, 0.15) is 10.4 Å². The number of hydrogen-bond donors (Lipinski definition) is 2. The summed E-state index contributed by atoms with van der Waals surface area (Å²) >= 11 is 0. The third-order valence-electron chi connectivity index (χ3n) is 2.04. The average molecular weight is 188 g/mol. The first-order chi connectivity index (χ1) is 6.68. The van der Waals surface area contributed by atoms with Crippen LogP contribution >= 0.6 is 0 Å². The summed E-state index contributed by atoms with van der Waals surface area (Å²) in [5, 5.41) is 10.3. The Balaban J connectivity index is 2.73. The molecule has 4 heteroatoms. The predicted molar refractivity (Wildman–Crippen MR) is 53.1 cm³/mol. The average Bonchev–Trinajstić information content (AvgIpc) is 2.17. The molecule has 14 heavy (non-hydrogen) atoms. The third kappa shape index (κ3) is 1.26. The number of nitrogen functional groups attached to an aromatic ring is 1. The van der Waals surface area contributed by atoms with E-state index in [4.69, 9.17) is 10.8 Å². The molecule has 0 saturated heterocycles. The standard InChI is InChI=1S/C10H8N2O2/c11-9-8-2-1-7(10(13)14)5-6(8)3-4-12-9/h1-5H,(H2,11,12)(H,13,14). The molecule has 0 aliphatic carbocycles. The fraction of sp³-hybridized carbons (Fsp3) is 0. The van der Waals surface area contributed by atoms with Gasteiger partial charge in [0.05, 0.1) is 5.56 Å². The number of nitrogens with zero attached hydrogens (tertiary/aromatic N) is 1. The number of nitrogens with two attached hydrogens (primary N) is 1. The van der Waals surface area contributed by atoms with Crippen LogP contribution in [0.5, 0.6) is 0 Å². The van der Waals surface area contributed by atoms with Crippen molar-refractivity contribution in [1.82, 2.24) is 4.98 Å². The van der Waals surface area contributed by atoms with E-state index < -0.39 is 5.97 Å². The molecule has 1 aromatic heterocycles. The van der Waals surface area contributed by atoms with Crippen LogP contribution in [0.25, 0.3) is 10.8 Å². The minimum absolute atomic E-state index is 0.253. The first kappa shape index (κ1) is 8.50. The maximum absolute atomic E-state index is 10.7. The van der Waals surface area contributed by atoms with Crippen molar-refractivity contribution >= 4 is 22.6 Å². The predicted octanol–water partition coefficient (Wildman–Crippen LogP) is 1.52. The van der Waals surface area contributed by atoms with Gasteiger partial charge in [0.15, 0.2) is 0 Å². The van der Waals surface area contributed by atoms with Gasteiger partial charge in [-0.05, 0) is 29.7 Å². The van der Waals surface area contributed by atoms with Gasteiger partial charge in [-0.1, -0.05) is 0 Å². The molecule has 2 rings (SSSR count). The van der Waals surface area contributed by atoms with Crippen LogP contribution in [0.4, 0.5) is 5.82 Å². The van der Waals surface area contributed by atoms with Crippen LogP contribution in [0.15, 0.2) is 30.5 Å². The maximum atomic E-state index is 10.7. The molecule has 3 N–H and O–H groups in total. The van der Waals surface area contributed by atoms with E-state index in [0.29, 0.717) is 5.82 Å². The Hall–Kier alpha value is -2.10. The van der Waals surface area contributed by atoms with Crippen molar-refractivity contribution in [2.75, 3.05) is 5.73 Å². The van der Waals surface area contributed by atoms with Crippen LogP contribution in [0.3, 0.4) is 0 Å². The van der Waals surface area contributed by atoms with Crippen molar-refractivity contribution in [2.24, 2.45) is 0 Å². The van der Waals surface area contributed by atoms with Gasteiger partial charge in [-0.15, -0.1) is 0 Å². The molecule has 0 radical (unpaired) electrons. The second-order valence-corrected chi connectivity index (χ2v) is 2.94. The molecule has 0 aliphatic rings. The van der Waals surface area contributed by atoms with E-state index in [1.165, 1.54) is 6.07 Å². The largest absolute Gasteiger partial charge is 0.478 e. The number of hydrogen-bond acceptors (Lipinski definition) is 3. The van der Waals surface area contributed by atoms with Gasteiger partial charge in [0.1, 0.15) is 5.82 Å². The molecule has 2 aromatic rings. The number of carbonyl (C=O) groups is 1. The number of benzene rings is 1. The molecule has 0 fully saturated rings. The first-order valence-electron chi connectivity index (χ1n) is 4.06. The van der Waals surface area contributed by atoms with E-state index in [9.17, 15) is 4.79 Å². The quantitative estimate of drug-likeness (QED) is 0.711. The number of carboxylic acids is 1. The number of carboxylic acid groups (broad SMARTS) is 1. The van der Waals surface area contributed by atoms with Gasteiger partial charge in [0.25, 0.3) is 0 Å². The van der Waals surface area contributed by atoms with Crippen molar-refractivity contribution in [3.63, 3.8) is 0 Å². The van der Waals surface area contributed by atoms with Crippen molar-refractivity contribution in [1.29, 1.82) is 0 Å². The van der Waals surface area contributed by atoms with Crippen LogP contribution in [0, 0.1) is 0 Å². The summed E-state index contributed by atoms with van der Waals surface area (Å²) in [5.41, 5.74) is 5.88. The molecule has 70 valence electrons. The van der Waals surface area contributed by atoms with Crippen LogP contribution in [0.2, 0.25) is 0 Å². The second kappa shape index (κ2) is 2.99. The molecule has 0 bridgehead atoms. The lowest BCUT2D eigenvalue weighted by Crippen LogP contribution is -1.97. The summed E-state index contributed by atoms with van der Waals surface area (Å²) in [7, 11) is 0. The first-order valence-corrected chi connectivity index (χ1v) is 4.06. The van der Waals surface area contributed by atoms with Gasteiger partial charge in [0.2, 0.25) is 0 Å². The molecule has 1 aromatic carbocycles. The molecule has 0 saturated carbocycles. The highest BCUT2D eigenvalue weighted by Gasteiger charge is 2.04. The fourth-order valence-electron chi connectivity index (χ4n) is 1.33. The topological polar surface area (TPSA) is 76.2 Å². The van der Waals surface area contributed by atoms with Crippen molar-refractivity contribution < 1.29 is 9.90 Å². The van der Waals surface area contributed by atoms with Gasteiger partial charge >= 0.3 is 5.97 Å². The van der Waals surface area contributed by atoms with E-state index in [0.717, 1.165) is 10.8 Å². The number of anilines is 1. The SMILES string of the molecule is Nc1nccc2cc(C(=O)O)ccc12. The molecular formula is C10H8N2O2. The van der Waals surface area contributed by atoms with Crippen molar-refractivity contribution in [3.8, 4) is 0 Å². The fourth-order valence-corrected chi connectivity index (χ4v) is 1.33. The molecular weight excluding hydrogens is 180 g/mol. The Labute approximate surface area is 80.0 Å². The maximum Gasteiger partial charge on any atom is 0.335 e. The zero-order chi connectivity index (χ0) is 10.1. The van der Waals surface area contributed by atoms with Crippen molar-refractivity contribution in [3.05, 3.63) is 36.0 Å². The smallest absolute Gasteiger partial charge is 0.335 e. The Kier molecular flexibility index (Phi) is 1.81. The lowest BCUT2D eigenvalue weighted by Gasteiger charge is -2.01. The Morgan fingerprint density at radius 3 is 2.86 bits per heavy atom. The number of fused-ring (bicyclic) bond motifs is 1. The highest BCUT2D eigenvalue weighted by molar-refractivity contribution is 5.97. The highest BCUT2D eigenvalue weighted by Crippen LogP contribution is 2.19. The zero-order valence-electron chi connectivity index (χ0n) is 7.27. The van der Waals surface area contributed by atoms with Crippen LogP contribution in [-0.2, 0) is 0 Å². The number of pyridine rings is 1. The summed E-state index contributed by atoms with van der Waals surface area (Å²) in [6.45, 7) is 0. The lowest BCUT2D eigenvalue weighted by molar-refractivity contribution is 0.0697. The van der Waals surface area contributed by atoms with Gasteiger partial charge in [-0.25, -0.2) is 9.78 Å². The summed E-state index contributed by atoms with van der Waals surface area (Å²) in [6.07, 6.45) is 1.56. The van der Waals surface area contributed by atoms with Crippen LogP contribution in [-0.4, -0.2) is 16.1 Å².